The molecule has 2 atom stereocenters. The number of benzene rings is 1. The first-order valence-electron chi connectivity index (χ1n) is 5.80. The number of hydrogen-bond acceptors (Lipinski definition) is 3. The fourth-order valence-electron chi connectivity index (χ4n) is 2.09. The number of rotatable bonds is 3. The van der Waals surface area contributed by atoms with E-state index in [0.717, 1.165) is 19.3 Å². The standard InChI is InChI=1S/C12H16FNO3/c13-8-5-6-9(14-16)12(7-8)17-11-4-2-1-3-10(11)15/h5-7,10-11,15H,1-4,14H2/t10-,11+/m1/s1. The molecule has 1 aliphatic rings. The van der Waals surface area contributed by atoms with Gasteiger partial charge < -0.3 is 20.5 Å². The number of halogens is 1. The van der Waals surface area contributed by atoms with Crippen molar-refractivity contribution in [2.75, 3.05) is 0 Å². The first kappa shape index (κ1) is 12.3. The monoisotopic (exact) mass is 241 g/mol. The van der Waals surface area contributed by atoms with E-state index < -0.39 is 11.9 Å². The van der Waals surface area contributed by atoms with Crippen LogP contribution in [0.1, 0.15) is 25.7 Å². The maximum atomic E-state index is 13.1. The van der Waals surface area contributed by atoms with Crippen molar-refractivity contribution in [2.24, 2.45) is 0 Å². The molecule has 4 nitrogen and oxygen atoms in total. The highest BCUT2D eigenvalue weighted by Gasteiger charge is 2.25. The molecule has 94 valence electrons. The first-order chi connectivity index (χ1) is 8.20. The molecule has 0 bridgehead atoms. The Bertz CT molecular complexity index is 386. The van der Waals surface area contributed by atoms with Crippen LogP contribution in [0.3, 0.4) is 0 Å². The third-order valence-corrected chi connectivity index (χ3v) is 3.05. The summed E-state index contributed by atoms with van der Waals surface area (Å²) in [5, 5.41) is 20.6. The van der Waals surface area contributed by atoms with Gasteiger partial charge in [0.2, 0.25) is 0 Å². The fourth-order valence-corrected chi connectivity index (χ4v) is 2.09. The van der Waals surface area contributed by atoms with Gasteiger partial charge in [0.05, 0.1) is 6.10 Å². The summed E-state index contributed by atoms with van der Waals surface area (Å²) in [5.74, 6) is -0.234. The summed E-state index contributed by atoms with van der Waals surface area (Å²) in [6.45, 7) is 0. The van der Waals surface area contributed by atoms with E-state index in [2.05, 4.69) is 0 Å². The predicted octanol–water partition coefficient (Wildman–Crippen LogP) is 1.20. The molecular weight excluding hydrogens is 225 g/mol. The van der Waals surface area contributed by atoms with E-state index in [-0.39, 0.29) is 11.9 Å². The highest BCUT2D eigenvalue weighted by atomic mass is 19.1. The maximum absolute atomic E-state index is 13.1. The van der Waals surface area contributed by atoms with E-state index in [1.165, 1.54) is 18.2 Å². The summed E-state index contributed by atoms with van der Waals surface area (Å²) in [6, 6.07) is 3.78. The molecule has 1 fully saturated rings. The summed E-state index contributed by atoms with van der Waals surface area (Å²) in [4.78, 5) is 0. The molecule has 0 unspecified atom stereocenters. The van der Waals surface area contributed by atoms with Gasteiger partial charge in [-0.05, 0) is 25.3 Å². The number of aliphatic hydroxyl groups excluding tert-OH is 1. The summed E-state index contributed by atoms with van der Waals surface area (Å²) in [6.07, 6.45) is 2.50. The van der Waals surface area contributed by atoms with Gasteiger partial charge in [0.15, 0.2) is 11.4 Å². The largest absolute Gasteiger partial charge is 0.630 e. The van der Waals surface area contributed by atoms with E-state index in [1.807, 2.05) is 0 Å². The van der Waals surface area contributed by atoms with Gasteiger partial charge in [-0.15, -0.1) is 0 Å². The lowest BCUT2D eigenvalue weighted by molar-refractivity contribution is -0.498. The first-order valence-corrected chi connectivity index (χ1v) is 5.80. The number of nitrogens with two attached hydrogens (primary N) is 1. The Labute approximate surface area is 99.0 Å². The quantitative estimate of drug-likeness (QED) is 0.617. The van der Waals surface area contributed by atoms with Gasteiger partial charge in [0, 0.05) is 12.1 Å². The Morgan fingerprint density at radius 1 is 1.35 bits per heavy atom. The third-order valence-electron chi connectivity index (χ3n) is 3.05. The minimum absolute atomic E-state index is 0.214. The van der Waals surface area contributed by atoms with Crippen molar-refractivity contribution < 1.29 is 19.7 Å². The van der Waals surface area contributed by atoms with Crippen molar-refractivity contribution in [2.45, 2.75) is 37.9 Å². The zero-order chi connectivity index (χ0) is 12.3. The van der Waals surface area contributed by atoms with Crippen LogP contribution in [0, 0.1) is 11.0 Å². The molecular formula is C12H16FNO3. The molecule has 1 aromatic carbocycles. The van der Waals surface area contributed by atoms with Crippen molar-refractivity contribution in [3.63, 3.8) is 0 Å². The lowest BCUT2D eigenvalue weighted by atomic mass is 9.95. The highest BCUT2D eigenvalue weighted by Crippen LogP contribution is 2.27. The summed E-state index contributed by atoms with van der Waals surface area (Å²) in [7, 11) is 0. The van der Waals surface area contributed by atoms with Gasteiger partial charge >= 0.3 is 0 Å². The van der Waals surface area contributed by atoms with Gasteiger partial charge in [-0.3, -0.25) is 0 Å². The third kappa shape index (κ3) is 2.94. The number of quaternary nitrogens is 1. The van der Waals surface area contributed by atoms with Crippen LogP contribution in [0.4, 0.5) is 10.1 Å². The smallest absolute Gasteiger partial charge is 0.183 e. The maximum Gasteiger partial charge on any atom is 0.183 e. The van der Waals surface area contributed by atoms with Gasteiger partial charge in [-0.25, -0.2) is 4.39 Å². The Morgan fingerprint density at radius 3 is 2.82 bits per heavy atom. The van der Waals surface area contributed by atoms with E-state index in [4.69, 9.17) is 4.74 Å². The van der Waals surface area contributed by atoms with Crippen LogP contribution < -0.4 is 10.2 Å². The minimum Gasteiger partial charge on any atom is -0.630 e. The second-order valence-electron chi connectivity index (χ2n) is 4.31. The van der Waals surface area contributed by atoms with E-state index in [0.29, 0.717) is 17.6 Å². The Kier molecular flexibility index (Phi) is 3.93. The second-order valence-corrected chi connectivity index (χ2v) is 4.31. The van der Waals surface area contributed by atoms with Crippen molar-refractivity contribution >= 4 is 5.69 Å². The molecule has 0 spiro atoms. The molecule has 3 N–H and O–H groups in total. The predicted molar refractivity (Wildman–Crippen MR) is 60.2 cm³/mol. The van der Waals surface area contributed by atoms with Gasteiger partial charge in [0.1, 0.15) is 11.9 Å². The Balaban J connectivity index is 2.13. The Morgan fingerprint density at radius 2 is 2.12 bits per heavy atom. The highest BCUT2D eigenvalue weighted by molar-refractivity contribution is 5.45. The van der Waals surface area contributed by atoms with E-state index in [9.17, 15) is 14.7 Å². The average molecular weight is 241 g/mol. The average Bonchev–Trinajstić information content (AvgIpc) is 2.32. The molecule has 2 rings (SSSR count). The lowest BCUT2D eigenvalue weighted by Crippen LogP contribution is -2.70. The number of hydrogen-bond donors (Lipinski definition) is 2. The molecule has 17 heavy (non-hydrogen) atoms. The van der Waals surface area contributed by atoms with Crippen LogP contribution in [-0.4, -0.2) is 17.3 Å². The summed E-state index contributed by atoms with van der Waals surface area (Å²) >= 11 is 0. The molecule has 5 heteroatoms. The molecule has 0 heterocycles. The molecule has 1 aromatic rings. The second kappa shape index (κ2) is 5.44. The van der Waals surface area contributed by atoms with Gasteiger partial charge in [-0.2, -0.15) is 0 Å². The van der Waals surface area contributed by atoms with Crippen LogP contribution in [0.25, 0.3) is 0 Å². The molecule has 0 amide bonds. The number of ether oxygens (including phenoxy) is 1. The summed E-state index contributed by atoms with van der Waals surface area (Å²) in [5.41, 5.74) is 0.938. The van der Waals surface area contributed by atoms with E-state index in [1.54, 1.807) is 0 Å². The molecule has 0 radical (unpaired) electrons. The zero-order valence-electron chi connectivity index (χ0n) is 9.43. The molecule has 0 saturated heterocycles. The van der Waals surface area contributed by atoms with Gasteiger partial charge in [0.25, 0.3) is 0 Å². The van der Waals surface area contributed by atoms with Crippen molar-refractivity contribution in [3.8, 4) is 5.75 Å². The van der Waals surface area contributed by atoms with Crippen molar-refractivity contribution in [1.29, 1.82) is 0 Å². The number of aliphatic hydroxyl groups is 1. The molecule has 1 saturated carbocycles. The van der Waals surface area contributed by atoms with Crippen molar-refractivity contribution in [3.05, 3.63) is 29.2 Å². The lowest BCUT2D eigenvalue weighted by Gasteiger charge is -2.28. The van der Waals surface area contributed by atoms with Crippen LogP contribution in [-0.2, 0) is 0 Å². The van der Waals surface area contributed by atoms with Crippen molar-refractivity contribution in [1.82, 2.24) is 0 Å². The molecule has 1 aliphatic carbocycles. The zero-order valence-corrected chi connectivity index (χ0v) is 9.43. The van der Waals surface area contributed by atoms with Crippen LogP contribution >= 0.6 is 0 Å². The molecule has 0 aliphatic heterocycles. The van der Waals surface area contributed by atoms with Crippen LogP contribution in [0.15, 0.2) is 18.2 Å². The van der Waals surface area contributed by atoms with Crippen LogP contribution in [0.2, 0.25) is 0 Å². The normalized spacial score (nSPS) is 24.6. The summed E-state index contributed by atoms with van der Waals surface area (Å²) < 4.78 is 18.6. The minimum atomic E-state index is -0.536. The Hall–Kier alpha value is -1.17. The van der Waals surface area contributed by atoms with Crippen LogP contribution in [0.5, 0.6) is 5.75 Å². The van der Waals surface area contributed by atoms with E-state index >= 15 is 0 Å². The SMILES string of the molecule is [O-][NH2+]c1ccc(F)cc1O[C@H]1CCCC[C@H]1O. The van der Waals surface area contributed by atoms with Gasteiger partial charge in [-0.1, -0.05) is 6.42 Å². The molecule has 0 aromatic heterocycles. The fraction of sp³-hybridized carbons (Fsp3) is 0.500. The topological polar surface area (TPSA) is 69.1 Å².